The topological polar surface area (TPSA) is 50.8 Å². The van der Waals surface area contributed by atoms with Crippen LogP contribution in [0.4, 0.5) is 0 Å². The molecule has 88 valence electrons. The van der Waals surface area contributed by atoms with E-state index in [2.05, 4.69) is 5.32 Å². The van der Waals surface area contributed by atoms with E-state index in [1.165, 1.54) is 0 Å². The summed E-state index contributed by atoms with van der Waals surface area (Å²) in [6.07, 6.45) is 1.99. The average molecular weight is 216 g/mol. The Morgan fingerprint density at radius 3 is 2.87 bits per heavy atom. The monoisotopic (exact) mass is 216 g/mol. The molecule has 1 saturated heterocycles. The summed E-state index contributed by atoms with van der Waals surface area (Å²) < 4.78 is 10.2. The van der Waals surface area contributed by atoms with Gasteiger partial charge in [0.05, 0.1) is 26.4 Å². The number of methoxy groups -OCH3 is 1. The van der Waals surface area contributed by atoms with Crippen LogP contribution in [0.1, 0.15) is 12.8 Å². The zero-order valence-corrected chi connectivity index (χ0v) is 9.33. The van der Waals surface area contributed by atoms with Crippen molar-refractivity contribution in [3.05, 3.63) is 0 Å². The van der Waals surface area contributed by atoms with Crippen molar-refractivity contribution in [1.29, 1.82) is 0 Å². The molecule has 0 aromatic carbocycles. The molecule has 0 aromatic heterocycles. The molecule has 1 fully saturated rings. The van der Waals surface area contributed by atoms with Crippen LogP contribution in [0.2, 0.25) is 0 Å². The standard InChI is InChI=1S/C10H20N2O3/c1-14-6-7-15-5-3-2-4-12-9-11-8-10(12)13/h11H,2-9H2,1H3. The second-order valence-electron chi connectivity index (χ2n) is 3.55. The SMILES string of the molecule is COCCOCCCCN1CNCC1=O. The van der Waals surface area contributed by atoms with E-state index >= 15 is 0 Å². The predicted molar refractivity (Wildman–Crippen MR) is 56.5 cm³/mol. The fraction of sp³-hybridized carbons (Fsp3) is 0.900. The molecular formula is C10H20N2O3. The van der Waals surface area contributed by atoms with Gasteiger partial charge in [-0.3, -0.25) is 10.1 Å². The van der Waals surface area contributed by atoms with Gasteiger partial charge in [-0.2, -0.15) is 0 Å². The molecule has 1 aliphatic rings. The molecule has 1 N–H and O–H groups in total. The molecule has 15 heavy (non-hydrogen) atoms. The third-order valence-electron chi connectivity index (χ3n) is 2.33. The summed E-state index contributed by atoms with van der Waals surface area (Å²) in [5, 5.41) is 3.02. The number of nitrogens with one attached hydrogen (secondary N) is 1. The summed E-state index contributed by atoms with van der Waals surface area (Å²) in [5.41, 5.74) is 0. The lowest BCUT2D eigenvalue weighted by atomic mass is 10.3. The molecule has 0 saturated carbocycles. The lowest BCUT2D eigenvalue weighted by Gasteiger charge is -2.13. The second-order valence-corrected chi connectivity index (χ2v) is 3.55. The van der Waals surface area contributed by atoms with Crippen LogP contribution in [-0.2, 0) is 14.3 Å². The number of carbonyl (C=O) groups is 1. The van der Waals surface area contributed by atoms with E-state index in [9.17, 15) is 4.79 Å². The van der Waals surface area contributed by atoms with Gasteiger partial charge in [-0.05, 0) is 12.8 Å². The Morgan fingerprint density at radius 2 is 2.20 bits per heavy atom. The van der Waals surface area contributed by atoms with Gasteiger partial charge in [-0.1, -0.05) is 0 Å². The van der Waals surface area contributed by atoms with Crippen molar-refractivity contribution in [2.24, 2.45) is 0 Å². The molecule has 5 nitrogen and oxygen atoms in total. The number of nitrogens with zero attached hydrogens (tertiary/aromatic N) is 1. The van der Waals surface area contributed by atoms with Crippen LogP contribution in [0.3, 0.4) is 0 Å². The molecule has 1 heterocycles. The van der Waals surface area contributed by atoms with Crippen molar-refractivity contribution in [1.82, 2.24) is 10.2 Å². The molecule has 5 heteroatoms. The number of rotatable bonds is 8. The molecule has 0 atom stereocenters. The van der Waals surface area contributed by atoms with Crippen molar-refractivity contribution in [2.75, 3.05) is 46.7 Å². The minimum Gasteiger partial charge on any atom is -0.382 e. The first-order valence-electron chi connectivity index (χ1n) is 5.40. The van der Waals surface area contributed by atoms with Gasteiger partial charge in [-0.15, -0.1) is 0 Å². The zero-order chi connectivity index (χ0) is 10.9. The maximum absolute atomic E-state index is 11.2. The molecule has 1 amide bonds. The number of amides is 1. The van der Waals surface area contributed by atoms with E-state index in [1.54, 1.807) is 7.11 Å². The third-order valence-corrected chi connectivity index (χ3v) is 2.33. The van der Waals surface area contributed by atoms with E-state index in [4.69, 9.17) is 9.47 Å². The van der Waals surface area contributed by atoms with Gasteiger partial charge in [0.25, 0.3) is 0 Å². The Balaban J connectivity index is 1.86. The Bertz CT molecular complexity index is 188. The Morgan fingerprint density at radius 1 is 1.33 bits per heavy atom. The largest absolute Gasteiger partial charge is 0.382 e. The van der Waals surface area contributed by atoms with Gasteiger partial charge < -0.3 is 14.4 Å². The summed E-state index contributed by atoms with van der Waals surface area (Å²) in [5.74, 6) is 0.204. The normalized spacial score (nSPS) is 16.3. The molecule has 0 aliphatic carbocycles. The van der Waals surface area contributed by atoms with Crippen molar-refractivity contribution < 1.29 is 14.3 Å². The minimum absolute atomic E-state index is 0.204. The van der Waals surface area contributed by atoms with Gasteiger partial charge >= 0.3 is 0 Å². The van der Waals surface area contributed by atoms with Crippen LogP contribution < -0.4 is 5.32 Å². The number of hydrogen-bond acceptors (Lipinski definition) is 4. The van der Waals surface area contributed by atoms with Gasteiger partial charge in [0.2, 0.25) is 5.91 Å². The summed E-state index contributed by atoms with van der Waals surface area (Å²) in [4.78, 5) is 13.0. The first-order chi connectivity index (χ1) is 7.34. The molecule has 1 rings (SSSR count). The summed E-state index contributed by atoms with van der Waals surface area (Å²) >= 11 is 0. The Kier molecular flexibility index (Phi) is 6.31. The number of hydrogen-bond donors (Lipinski definition) is 1. The highest BCUT2D eigenvalue weighted by Crippen LogP contribution is 1.99. The molecule has 1 aliphatic heterocycles. The number of carbonyl (C=O) groups excluding carboxylic acids is 1. The molecule has 0 radical (unpaired) electrons. The van der Waals surface area contributed by atoms with Gasteiger partial charge in [0.1, 0.15) is 0 Å². The van der Waals surface area contributed by atoms with Crippen molar-refractivity contribution in [3.8, 4) is 0 Å². The molecule has 0 bridgehead atoms. The Hall–Kier alpha value is -0.650. The minimum atomic E-state index is 0.204. The quantitative estimate of drug-likeness (QED) is 0.572. The van der Waals surface area contributed by atoms with Crippen molar-refractivity contribution in [3.63, 3.8) is 0 Å². The summed E-state index contributed by atoms with van der Waals surface area (Å²) in [6.45, 7) is 4.07. The van der Waals surface area contributed by atoms with E-state index in [0.717, 1.165) is 26.0 Å². The van der Waals surface area contributed by atoms with E-state index < -0.39 is 0 Å². The highest BCUT2D eigenvalue weighted by atomic mass is 16.5. The van der Waals surface area contributed by atoms with E-state index in [-0.39, 0.29) is 5.91 Å². The molecular weight excluding hydrogens is 196 g/mol. The number of ether oxygens (including phenoxy) is 2. The van der Waals surface area contributed by atoms with Crippen LogP contribution in [0, 0.1) is 0 Å². The average Bonchev–Trinajstić information content (AvgIpc) is 2.63. The van der Waals surface area contributed by atoms with Gasteiger partial charge in [0.15, 0.2) is 0 Å². The van der Waals surface area contributed by atoms with Crippen molar-refractivity contribution >= 4 is 5.91 Å². The third kappa shape index (κ3) is 5.11. The smallest absolute Gasteiger partial charge is 0.237 e. The zero-order valence-electron chi connectivity index (χ0n) is 9.33. The van der Waals surface area contributed by atoms with Crippen LogP contribution in [0.25, 0.3) is 0 Å². The summed E-state index contributed by atoms with van der Waals surface area (Å²) in [7, 11) is 1.66. The van der Waals surface area contributed by atoms with E-state index in [0.29, 0.717) is 26.4 Å². The summed E-state index contributed by atoms with van der Waals surface area (Å²) in [6, 6.07) is 0. The lowest BCUT2D eigenvalue weighted by molar-refractivity contribution is -0.126. The number of unbranched alkanes of at least 4 members (excludes halogenated alkanes) is 1. The lowest BCUT2D eigenvalue weighted by Crippen LogP contribution is -2.27. The predicted octanol–water partition coefficient (Wildman–Crippen LogP) is -0.181. The maximum Gasteiger partial charge on any atom is 0.237 e. The van der Waals surface area contributed by atoms with Crippen LogP contribution in [-0.4, -0.2) is 57.5 Å². The maximum atomic E-state index is 11.2. The fourth-order valence-corrected chi connectivity index (χ4v) is 1.45. The first kappa shape index (κ1) is 12.4. The van der Waals surface area contributed by atoms with Crippen LogP contribution in [0.5, 0.6) is 0 Å². The second kappa shape index (κ2) is 7.62. The highest BCUT2D eigenvalue weighted by molar-refractivity contribution is 5.79. The van der Waals surface area contributed by atoms with Gasteiger partial charge in [0, 0.05) is 20.3 Å². The van der Waals surface area contributed by atoms with Crippen LogP contribution >= 0.6 is 0 Å². The molecule has 0 unspecified atom stereocenters. The van der Waals surface area contributed by atoms with E-state index in [1.807, 2.05) is 4.90 Å². The first-order valence-corrected chi connectivity index (χ1v) is 5.40. The van der Waals surface area contributed by atoms with Crippen LogP contribution in [0.15, 0.2) is 0 Å². The molecule has 0 aromatic rings. The highest BCUT2D eigenvalue weighted by Gasteiger charge is 2.17. The van der Waals surface area contributed by atoms with Gasteiger partial charge in [-0.25, -0.2) is 0 Å². The van der Waals surface area contributed by atoms with Crippen molar-refractivity contribution in [2.45, 2.75) is 12.8 Å². The fourth-order valence-electron chi connectivity index (χ4n) is 1.45. The molecule has 0 spiro atoms. The Labute approximate surface area is 90.7 Å².